The van der Waals surface area contributed by atoms with Crippen molar-refractivity contribution in [2.24, 2.45) is 0 Å². The molecule has 0 fully saturated rings. The van der Waals surface area contributed by atoms with Crippen molar-refractivity contribution in [3.63, 3.8) is 0 Å². The summed E-state index contributed by atoms with van der Waals surface area (Å²) < 4.78 is 5.02. The van der Waals surface area contributed by atoms with Crippen LogP contribution in [-0.2, 0) is 4.74 Å². The smallest absolute Gasteiger partial charge is 0.274 e. The van der Waals surface area contributed by atoms with Crippen LogP contribution >= 0.6 is 23.1 Å². The van der Waals surface area contributed by atoms with Gasteiger partial charge in [0.15, 0.2) is 0 Å². The van der Waals surface area contributed by atoms with Gasteiger partial charge in [-0.15, -0.1) is 23.1 Å². The van der Waals surface area contributed by atoms with E-state index in [9.17, 15) is 4.79 Å². The van der Waals surface area contributed by atoms with Crippen LogP contribution in [-0.4, -0.2) is 30.4 Å². The van der Waals surface area contributed by atoms with Gasteiger partial charge >= 0.3 is 0 Å². The largest absolute Gasteiger partial charge is 0.397 e. The SMILES string of the molecule is COCCSc1ccc(C(=O)Nc2cc(-c3cccs3)ccc2N)nc1. The van der Waals surface area contributed by atoms with Crippen molar-refractivity contribution < 1.29 is 9.53 Å². The van der Waals surface area contributed by atoms with E-state index >= 15 is 0 Å². The van der Waals surface area contributed by atoms with Crippen molar-refractivity contribution in [1.82, 2.24) is 4.98 Å². The van der Waals surface area contributed by atoms with E-state index in [1.165, 1.54) is 0 Å². The number of carbonyl (C=O) groups excluding carboxylic acids is 1. The number of hydrogen-bond donors (Lipinski definition) is 2. The first-order valence-corrected chi connectivity index (χ1v) is 9.86. The van der Waals surface area contributed by atoms with Gasteiger partial charge in [-0.25, -0.2) is 4.98 Å². The Balaban J connectivity index is 1.70. The van der Waals surface area contributed by atoms with Crippen molar-refractivity contribution in [3.8, 4) is 10.4 Å². The van der Waals surface area contributed by atoms with Gasteiger partial charge in [0.25, 0.3) is 5.91 Å². The normalized spacial score (nSPS) is 10.7. The maximum absolute atomic E-state index is 12.5. The molecule has 0 aliphatic carbocycles. The summed E-state index contributed by atoms with van der Waals surface area (Å²) in [5, 5.41) is 4.87. The lowest BCUT2D eigenvalue weighted by Crippen LogP contribution is -2.14. The Morgan fingerprint density at radius 2 is 2.19 bits per heavy atom. The standard InChI is InChI=1S/C19H19N3O2S2/c1-24-8-10-25-14-5-7-16(21-12-14)19(23)22-17-11-13(4-6-15(17)20)18-3-2-9-26-18/h2-7,9,11-12H,8,10,20H2,1H3,(H,22,23). The average Bonchev–Trinajstić information content (AvgIpc) is 3.19. The summed E-state index contributed by atoms with van der Waals surface area (Å²) >= 11 is 3.27. The van der Waals surface area contributed by atoms with Crippen LogP contribution < -0.4 is 11.1 Å². The van der Waals surface area contributed by atoms with Crippen molar-refractivity contribution in [3.05, 3.63) is 59.7 Å². The Bertz CT molecular complexity index is 865. The second kappa shape index (κ2) is 8.84. The van der Waals surface area contributed by atoms with Crippen molar-refractivity contribution >= 4 is 40.4 Å². The number of benzene rings is 1. The Labute approximate surface area is 160 Å². The summed E-state index contributed by atoms with van der Waals surface area (Å²) in [6.45, 7) is 0.673. The maximum atomic E-state index is 12.5. The number of ether oxygens (including phenoxy) is 1. The summed E-state index contributed by atoms with van der Waals surface area (Å²) in [7, 11) is 1.67. The van der Waals surface area contributed by atoms with Gasteiger partial charge in [-0.05, 0) is 41.3 Å². The summed E-state index contributed by atoms with van der Waals surface area (Å²) in [5.74, 6) is 0.559. The summed E-state index contributed by atoms with van der Waals surface area (Å²) in [6, 6.07) is 13.2. The molecule has 1 amide bonds. The molecular weight excluding hydrogens is 366 g/mol. The quantitative estimate of drug-likeness (QED) is 0.358. The van der Waals surface area contributed by atoms with Crippen LogP contribution in [0, 0.1) is 0 Å². The lowest BCUT2D eigenvalue weighted by atomic mass is 10.1. The highest BCUT2D eigenvalue weighted by Crippen LogP contribution is 2.30. The predicted octanol–water partition coefficient (Wildman–Crippen LogP) is 4.38. The molecule has 0 aliphatic rings. The maximum Gasteiger partial charge on any atom is 0.274 e. The number of methoxy groups -OCH3 is 1. The fourth-order valence-electron chi connectivity index (χ4n) is 2.29. The van der Waals surface area contributed by atoms with Crippen molar-refractivity contribution in [2.75, 3.05) is 30.5 Å². The molecule has 26 heavy (non-hydrogen) atoms. The van der Waals surface area contributed by atoms with E-state index in [2.05, 4.69) is 10.3 Å². The molecule has 0 aliphatic heterocycles. The predicted molar refractivity (Wildman–Crippen MR) is 109 cm³/mol. The Morgan fingerprint density at radius 1 is 1.31 bits per heavy atom. The molecule has 0 radical (unpaired) electrons. The highest BCUT2D eigenvalue weighted by Gasteiger charge is 2.11. The number of rotatable bonds is 7. The van der Waals surface area contributed by atoms with Crippen LogP contribution in [0.25, 0.3) is 10.4 Å². The number of nitrogens with zero attached hydrogens (tertiary/aromatic N) is 1. The molecule has 0 unspecified atom stereocenters. The number of nitrogen functional groups attached to an aromatic ring is 1. The molecule has 0 saturated heterocycles. The van der Waals surface area contributed by atoms with E-state index in [4.69, 9.17) is 10.5 Å². The minimum Gasteiger partial charge on any atom is -0.397 e. The molecular formula is C19H19N3O2S2. The number of thioether (sulfide) groups is 1. The molecule has 134 valence electrons. The number of anilines is 2. The van der Waals surface area contributed by atoms with Crippen LogP contribution in [0.15, 0.2) is 58.9 Å². The van der Waals surface area contributed by atoms with Gasteiger partial charge in [0.1, 0.15) is 5.69 Å². The van der Waals surface area contributed by atoms with E-state index in [1.54, 1.807) is 48.5 Å². The molecule has 3 rings (SSSR count). The molecule has 0 spiro atoms. The third-order valence-electron chi connectivity index (χ3n) is 3.63. The second-order valence-electron chi connectivity index (χ2n) is 5.45. The van der Waals surface area contributed by atoms with Gasteiger partial charge < -0.3 is 15.8 Å². The van der Waals surface area contributed by atoms with Gasteiger partial charge in [0.2, 0.25) is 0 Å². The second-order valence-corrected chi connectivity index (χ2v) is 7.57. The summed E-state index contributed by atoms with van der Waals surface area (Å²) in [4.78, 5) is 18.8. The van der Waals surface area contributed by atoms with E-state index in [0.29, 0.717) is 23.7 Å². The average molecular weight is 386 g/mol. The minimum atomic E-state index is -0.284. The number of carbonyl (C=O) groups is 1. The number of nitrogens with one attached hydrogen (secondary N) is 1. The third-order valence-corrected chi connectivity index (χ3v) is 5.50. The Kier molecular flexibility index (Phi) is 6.27. The van der Waals surface area contributed by atoms with Crippen LogP contribution in [0.3, 0.4) is 0 Å². The van der Waals surface area contributed by atoms with Gasteiger partial charge in [0.05, 0.1) is 18.0 Å². The molecule has 3 N–H and O–H groups in total. The number of pyridine rings is 1. The number of hydrogen-bond acceptors (Lipinski definition) is 6. The number of nitrogens with two attached hydrogens (primary N) is 1. The first-order valence-electron chi connectivity index (χ1n) is 8.00. The minimum absolute atomic E-state index is 0.284. The fourth-order valence-corrected chi connectivity index (χ4v) is 3.79. The zero-order valence-electron chi connectivity index (χ0n) is 14.3. The molecule has 0 atom stereocenters. The van der Waals surface area contributed by atoms with E-state index < -0.39 is 0 Å². The molecule has 2 heterocycles. The Hall–Kier alpha value is -2.35. The third kappa shape index (κ3) is 4.63. The molecule has 1 aromatic carbocycles. The zero-order chi connectivity index (χ0) is 18.4. The van der Waals surface area contributed by atoms with Crippen molar-refractivity contribution in [1.29, 1.82) is 0 Å². The number of thiophene rings is 1. The lowest BCUT2D eigenvalue weighted by molar-refractivity contribution is 0.102. The topological polar surface area (TPSA) is 77.2 Å². The number of aromatic nitrogens is 1. The molecule has 5 nitrogen and oxygen atoms in total. The van der Waals surface area contributed by atoms with E-state index in [-0.39, 0.29) is 5.91 Å². The van der Waals surface area contributed by atoms with Gasteiger partial charge in [-0.3, -0.25) is 4.79 Å². The molecule has 3 aromatic rings. The number of amides is 1. The van der Waals surface area contributed by atoms with Crippen molar-refractivity contribution in [2.45, 2.75) is 4.90 Å². The van der Waals surface area contributed by atoms with Gasteiger partial charge in [-0.1, -0.05) is 12.1 Å². The molecule has 7 heteroatoms. The van der Waals surface area contributed by atoms with Crippen LogP contribution in [0.4, 0.5) is 11.4 Å². The first kappa shape index (κ1) is 18.4. The van der Waals surface area contributed by atoms with Gasteiger partial charge in [0, 0.05) is 28.8 Å². The molecule has 2 aromatic heterocycles. The Morgan fingerprint density at radius 3 is 2.88 bits per heavy atom. The van der Waals surface area contributed by atoms with Gasteiger partial charge in [-0.2, -0.15) is 0 Å². The highest BCUT2D eigenvalue weighted by atomic mass is 32.2. The molecule has 0 saturated carbocycles. The zero-order valence-corrected chi connectivity index (χ0v) is 15.9. The lowest BCUT2D eigenvalue weighted by Gasteiger charge is -2.10. The highest BCUT2D eigenvalue weighted by molar-refractivity contribution is 7.99. The van der Waals surface area contributed by atoms with Crippen LogP contribution in [0.1, 0.15) is 10.5 Å². The summed E-state index contributed by atoms with van der Waals surface area (Å²) in [6.07, 6.45) is 1.70. The van der Waals surface area contributed by atoms with Crippen LogP contribution in [0.2, 0.25) is 0 Å². The summed E-state index contributed by atoms with van der Waals surface area (Å²) in [5.41, 5.74) is 8.48. The van der Waals surface area contributed by atoms with Crippen LogP contribution in [0.5, 0.6) is 0 Å². The first-order chi connectivity index (χ1) is 12.7. The molecule has 0 bridgehead atoms. The van der Waals surface area contributed by atoms with E-state index in [1.807, 2.05) is 35.7 Å². The van der Waals surface area contributed by atoms with E-state index in [0.717, 1.165) is 21.1 Å². The monoisotopic (exact) mass is 385 g/mol. The fraction of sp³-hybridized carbons (Fsp3) is 0.158.